The quantitative estimate of drug-likeness (QED) is 0.402. The first-order valence-electron chi connectivity index (χ1n) is 8.79. The fourth-order valence-corrected chi connectivity index (χ4v) is 3.85. The normalized spacial score (nSPS) is 14.2. The summed E-state index contributed by atoms with van der Waals surface area (Å²) in [6, 6.07) is 18.4. The van der Waals surface area contributed by atoms with Crippen molar-refractivity contribution in [2.45, 2.75) is 36.7 Å². The first-order valence-corrected chi connectivity index (χ1v) is 10.2. The Kier molecular flexibility index (Phi) is 7.00. The third kappa shape index (κ3) is 6.25. The third-order valence-electron chi connectivity index (χ3n) is 4.12. The topological polar surface area (TPSA) is 33.3 Å². The molecule has 5 heteroatoms. The Balaban J connectivity index is 1.35. The zero-order valence-electron chi connectivity index (χ0n) is 14.2. The summed E-state index contributed by atoms with van der Waals surface area (Å²) in [6.07, 6.45) is 5.31. The van der Waals surface area contributed by atoms with Gasteiger partial charge < -0.3 is 15.4 Å². The summed E-state index contributed by atoms with van der Waals surface area (Å²) in [4.78, 5) is 1.28. The van der Waals surface area contributed by atoms with Gasteiger partial charge in [-0.3, -0.25) is 0 Å². The van der Waals surface area contributed by atoms with E-state index in [4.69, 9.17) is 17.0 Å². The molecule has 0 radical (unpaired) electrons. The summed E-state index contributed by atoms with van der Waals surface area (Å²) in [6.45, 7) is 0.828. The van der Waals surface area contributed by atoms with Crippen LogP contribution >= 0.6 is 24.0 Å². The number of hydrogen-bond acceptors (Lipinski definition) is 3. The van der Waals surface area contributed by atoms with Gasteiger partial charge in [0.15, 0.2) is 5.11 Å². The molecule has 1 fully saturated rings. The number of benzene rings is 2. The Morgan fingerprint density at radius 3 is 2.48 bits per heavy atom. The molecule has 0 saturated heterocycles. The molecule has 25 heavy (non-hydrogen) atoms. The van der Waals surface area contributed by atoms with Crippen molar-refractivity contribution in [3.63, 3.8) is 0 Å². The van der Waals surface area contributed by atoms with E-state index in [-0.39, 0.29) is 0 Å². The van der Waals surface area contributed by atoms with Crippen LogP contribution in [0.4, 0.5) is 5.69 Å². The molecule has 2 aromatic rings. The van der Waals surface area contributed by atoms with E-state index >= 15 is 0 Å². The van der Waals surface area contributed by atoms with Crippen molar-refractivity contribution >= 4 is 34.8 Å². The lowest BCUT2D eigenvalue weighted by Crippen LogP contribution is -2.30. The molecule has 0 atom stereocenters. The van der Waals surface area contributed by atoms with Gasteiger partial charge in [-0.05, 0) is 74.3 Å². The van der Waals surface area contributed by atoms with Gasteiger partial charge in [-0.15, -0.1) is 11.8 Å². The van der Waals surface area contributed by atoms with E-state index < -0.39 is 0 Å². The molecule has 2 N–H and O–H groups in total. The van der Waals surface area contributed by atoms with E-state index in [9.17, 15) is 0 Å². The fraction of sp³-hybridized carbons (Fsp3) is 0.350. The van der Waals surface area contributed by atoms with Crippen molar-refractivity contribution < 1.29 is 4.74 Å². The minimum atomic E-state index is 0.392. The van der Waals surface area contributed by atoms with E-state index in [2.05, 4.69) is 34.9 Å². The van der Waals surface area contributed by atoms with Gasteiger partial charge in [-0.25, -0.2) is 0 Å². The van der Waals surface area contributed by atoms with Crippen LogP contribution < -0.4 is 15.4 Å². The smallest absolute Gasteiger partial charge is 0.170 e. The van der Waals surface area contributed by atoms with Gasteiger partial charge in [-0.2, -0.15) is 0 Å². The van der Waals surface area contributed by atoms with Crippen molar-refractivity contribution in [3.8, 4) is 5.75 Å². The van der Waals surface area contributed by atoms with Gasteiger partial charge in [0.1, 0.15) is 5.75 Å². The number of rotatable bonds is 7. The molecule has 0 spiro atoms. The monoisotopic (exact) mass is 372 g/mol. The predicted octanol–water partition coefficient (Wildman–Crippen LogP) is 5.09. The van der Waals surface area contributed by atoms with Crippen LogP contribution in [-0.4, -0.2) is 23.5 Å². The molecule has 1 aliphatic carbocycles. The molecule has 0 aromatic heterocycles. The Morgan fingerprint density at radius 1 is 1.04 bits per heavy atom. The van der Waals surface area contributed by atoms with Crippen LogP contribution in [-0.2, 0) is 0 Å². The number of anilines is 1. The van der Waals surface area contributed by atoms with E-state index in [0.29, 0.717) is 11.2 Å². The Hall–Kier alpha value is -1.72. The number of nitrogens with one attached hydrogen (secondary N) is 2. The Morgan fingerprint density at radius 2 is 1.76 bits per heavy atom. The second kappa shape index (κ2) is 9.68. The van der Waals surface area contributed by atoms with Crippen LogP contribution in [0.1, 0.15) is 25.7 Å². The predicted molar refractivity (Wildman–Crippen MR) is 111 cm³/mol. The highest BCUT2D eigenvalue weighted by Crippen LogP contribution is 2.25. The van der Waals surface area contributed by atoms with Gasteiger partial charge in [-0.1, -0.05) is 18.2 Å². The van der Waals surface area contributed by atoms with E-state index in [1.165, 1.54) is 30.6 Å². The molecule has 0 amide bonds. The average Bonchev–Trinajstić information content (AvgIpc) is 3.14. The second-order valence-electron chi connectivity index (χ2n) is 6.09. The Bertz CT molecular complexity index is 655. The minimum Gasteiger partial charge on any atom is -0.490 e. The average molecular weight is 373 g/mol. The van der Waals surface area contributed by atoms with Crippen LogP contribution in [0.2, 0.25) is 0 Å². The lowest BCUT2D eigenvalue weighted by Gasteiger charge is -2.14. The molecule has 132 valence electrons. The van der Waals surface area contributed by atoms with E-state index in [0.717, 1.165) is 23.7 Å². The zero-order valence-corrected chi connectivity index (χ0v) is 15.9. The molecular weight excluding hydrogens is 348 g/mol. The van der Waals surface area contributed by atoms with Gasteiger partial charge in [0, 0.05) is 22.9 Å². The largest absolute Gasteiger partial charge is 0.490 e. The molecule has 0 bridgehead atoms. The van der Waals surface area contributed by atoms with Gasteiger partial charge >= 0.3 is 0 Å². The highest BCUT2D eigenvalue weighted by molar-refractivity contribution is 7.99. The maximum absolute atomic E-state index is 5.98. The summed E-state index contributed by atoms with van der Waals surface area (Å²) in [5, 5.41) is 7.11. The van der Waals surface area contributed by atoms with Gasteiger partial charge in [0.25, 0.3) is 0 Å². The number of hydrogen-bond donors (Lipinski definition) is 2. The maximum Gasteiger partial charge on any atom is 0.170 e. The van der Waals surface area contributed by atoms with E-state index in [1.807, 2.05) is 42.1 Å². The molecule has 0 heterocycles. The summed E-state index contributed by atoms with van der Waals surface area (Å²) in [7, 11) is 0. The fourth-order valence-electron chi connectivity index (χ4n) is 2.84. The van der Waals surface area contributed by atoms with Crippen molar-refractivity contribution in [1.82, 2.24) is 5.32 Å². The Labute approximate surface area is 159 Å². The van der Waals surface area contributed by atoms with Crippen molar-refractivity contribution in [2.24, 2.45) is 0 Å². The molecule has 3 nitrogen and oxygen atoms in total. The van der Waals surface area contributed by atoms with Gasteiger partial charge in [0.05, 0.1) is 6.10 Å². The lowest BCUT2D eigenvalue weighted by molar-refractivity contribution is 0.210. The van der Waals surface area contributed by atoms with Crippen LogP contribution in [0.3, 0.4) is 0 Å². The summed E-state index contributed by atoms with van der Waals surface area (Å²) in [5.74, 6) is 1.91. The number of thiocarbonyl (C=S) groups is 1. The summed E-state index contributed by atoms with van der Waals surface area (Å²) in [5.41, 5.74) is 0.979. The highest BCUT2D eigenvalue weighted by atomic mass is 32.2. The standard InChI is InChI=1S/C20H24N2OS2/c24-20(21-14-15-25-19-8-2-1-3-9-19)22-16-10-12-18(13-11-16)23-17-6-4-5-7-17/h1-3,8-13,17H,4-7,14-15H2,(H2,21,22,24). The number of ether oxygens (including phenoxy) is 1. The van der Waals surface area contributed by atoms with E-state index in [1.54, 1.807) is 0 Å². The molecule has 0 aliphatic heterocycles. The molecule has 1 aliphatic rings. The maximum atomic E-state index is 5.98. The van der Waals surface area contributed by atoms with Crippen LogP contribution in [0.25, 0.3) is 0 Å². The number of thioether (sulfide) groups is 1. The van der Waals surface area contributed by atoms with Crippen LogP contribution in [0, 0.1) is 0 Å². The molecule has 2 aromatic carbocycles. The van der Waals surface area contributed by atoms with Crippen molar-refractivity contribution in [3.05, 3.63) is 54.6 Å². The molecular formula is C20H24N2OS2. The van der Waals surface area contributed by atoms with Crippen LogP contribution in [0.5, 0.6) is 5.75 Å². The minimum absolute atomic E-state index is 0.392. The zero-order chi connectivity index (χ0) is 17.3. The highest BCUT2D eigenvalue weighted by Gasteiger charge is 2.16. The third-order valence-corrected chi connectivity index (χ3v) is 5.38. The summed E-state index contributed by atoms with van der Waals surface area (Å²) >= 11 is 7.17. The molecule has 3 rings (SSSR count). The first-order chi connectivity index (χ1) is 12.3. The summed E-state index contributed by atoms with van der Waals surface area (Å²) < 4.78 is 5.98. The van der Waals surface area contributed by atoms with Crippen molar-refractivity contribution in [2.75, 3.05) is 17.6 Å². The molecule has 0 unspecified atom stereocenters. The van der Waals surface area contributed by atoms with Crippen LogP contribution in [0.15, 0.2) is 59.5 Å². The van der Waals surface area contributed by atoms with Gasteiger partial charge in [0.2, 0.25) is 0 Å². The first kappa shape index (κ1) is 18.1. The molecule has 1 saturated carbocycles. The second-order valence-corrected chi connectivity index (χ2v) is 7.67. The van der Waals surface area contributed by atoms with Crippen molar-refractivity contribution in [1.29, 1.82) is 0 Å². The lowest BCUT2D eigenvalue weighted by atomic mass is 10.3. The SMILES string of the molecule is S=C(NCCSc1ccccc1)Nc1ccc(OC2CCCC2)cc1.